The second-order valence-electron chi connectivity index (χ2n) is 4.00. The zero-order valence-corrected chi connectivity index (χ0v) is 8.90. The Labute approximate surface area is 92.4 Å². The number of carbonyl (C=O) groups excluding carboxylic acids is 1. The van der Waals surface area contributed by atoms with Crippen molar-refractivity contribution in [2.24, 2.45) is 0 Å². The lowest BCUT2D eigenvalue weighted by Gasteiger charge is -2.28. The Bertz CT molecular complexity index is 412. The van der Waals surface area contributed by atoms with Gasteiger partial charge >= 0.3 is 5.97 Å². The summed E-state index contributed by atoms with van der Waals surface area (Å²) in [5, 5.41) is 11.6. The van der Waals surface area contributed by atoms with E-state index in [9.17, 15) is 9.59 Å². The van der Waals surface area contributed by atoms with Crippen molar-refractivity contribution < 1.29 is 19.1 Å². The molecule has 2 N–H and O–H groups in total. The van der Waals surface area contributed by atoms with Crippen molar-refractivity contribution >= 4 is 11.9 Å². The summed E-state index contributed by atoms with van der Waals surface area (Å²) in [7, 11) is 0. The van der Waals surface area contributed by atoms with Crippen LogP contribution in [0.4, 0.5) is 0 Å². The van der Waals surface area contributed by atoms with E-state index < -0.39 is 17.4 Å². The maximum atomic E-state index is 11.4. The molecule has 2 atom stereocenters. The Morgan fingerprint density at radius 1 is 1.75 bits per heavy atom. The van der Waals surface area contributed by atoms with Crippen molar-refractivity contribution in [3.63, 3.8) is 0 Å². The number of carbonyl (C=O) groups is 2. The highest BCUT2D eigenvalue weighted by Gasteiger charge is 2.52. The van der Waals surface area contributed by atoms with E-state index in [1.807, 2.05) is 6.92 Å². The fourth-order valence-electron chi connectivity index (χ4n) is 2.33. The molecule has 86 valence electrons. The first kappa shape index (κ1) is 10.7. The number of rotatable bonds is 3. The zero-order chi connectivity index (χ0) is 11.8. The largest absolute Gasteiger partial charge is 0.480 e. The molecule has 2 unspecified atom stereocenters. The molecule has 5 nitrogen and oxygen atoms in total. The van der Waals surface area contributed by atoms with Crippen LogP contribution < -0.4 is 5.32 Å². The summed E-state index contributed by atoms with van der Waals surface area (Å²) < 4.78 is 5.28. The van der Waals surface area contributed by atoms with Crippen LogP contribution in [0, 0.1) is 0 Å². The minimum absolute atomic E-state index is 0.161. The SMILES string of the molecule is CCC1(c2ccco2)CC(=O)NC1C(=O)O. The van der Waals surface area contributed by atoms with Crippen molar-refractivity contribution in [3.05, 3.63) is 24.2 Å². The minimum Gasteiger partial charge on any atom is -0.480 e. The summed E-state index contributed by atoms with van der Waals surface area (Å²) >= 11 is 0. The lowest BCUT2D eigenvalue weighted by molar-refractivity contribution is -0.141. The summed E-state index contributed by atoms with van der Waals surface area (Å²) in [4.78, 5) is 22.6. The third kappa shape index (κ3) is 1.39. The standard InChI is InChI=1S/C11H13NO4/c1-2-11(7-4-3-5-16-7)6-8(13)12-9(11)10(14)15/h3-5,9H,2,6H2,1H3,(H,12,13)(H,14,15). The van der Waals surface area contributed by atoms with Crippen LogP contribution in [-0.2, 0) is 15.0 Å². The van der Waals surface area contributed by atoms with Gasteiger partial charge in [-0.2, -0.15) is 0 Å². The van der Waals surface area contributed by atoms with Crippen LogP contribution in [-0.4, -0.2) is 23.0 Å². The van der Waals surface area contributed by atoms with Gasteiger partial charge in [0.15, 0.2) is 0 Å². The summed E-state index contributed by atoms with van der Waals surface area (Å²) in [5.41, 5.74) is -0.758. The zero-order valence-electron chi connectivity index (χ0n) is 8.90. The second-order valence-corrected chi connectivity index (χ2v) is 4.00. The number of hydrogen-bond donors (Lipinski definition) is 2. The van der Waals surface area contributed by atoms with Gasteiger partial charge in [0.2, 0.25) is 5.91 Å². The maximum absolute atomic E-state index is 11.4. The lowest BCUT2D eigenvalue weighted by atomic mass is 9.75. The highest BCUT2D eigenvalue weighted by atomic mass is 16.4. The van der Waals surface area contributed by atoms with Gasteiger partial charge in [-0.15, -0.1) is 0 Å². The van der Waals surface area contributed by atoms with E-state index >= 15 is 0 Å². The van der Waals surface area contributed by atoms with Crippen LogP contribution in [0.15, 0.2) is 22.8 Å². The molecule has 0 bridgehead atoms. The predicted molar refractivity (Wildman–Crippen MR) is 54.9 cm³/mol. The Balaban J connectivity index is 2.46. The highest BCUT2D eigenvalue weighted by molar-refractivity contribution is 5.90. The number of carboxylic acid groups (broad SMARTS) is 1. The van der Waals surface area contributed by atoms with Crippen LogP contribution in [0.3, 0.4) is 0 Å². The molecular weight excluding hydrogens is 210 g/mol. The molecule has 0 spiro atoms. The molecule has 0 aromatic carbocycles. The number of amides is 1. The van der Waals surface area contributed by atoms with Crippen molar-refractivity contribution in [1.82, 2.24) is 5.32 Å². The molecule has 2 rings (SSSR count). The van der Waals surface area contributed by atoms with Gasteiger partial charge in [0.05, 0.1) is 11.7 Å². The van der Waals surface area contributed by atoms with Gasteiger partial charge in [-0.05, 0) is 18.6 Å². The second kappa shape index (κ2) is 3.66. The predicted octanol–water partition coefficient (Wildman–Crippen LogP) is 0.901. The molecule has 1 fully saturated rings. The first-order chi connectivity index (χ1) is 7.60. The molecule has 1 amide bonds. The van der Waals surface area contributed by atoms with Crippen molar-refractivity contribution in [3.8, 4) is 0 Å². The first-order valence-corrected chi connectivity index (χ1v) is 5.16. The Morgan fingerprint density at radius 3 is 3.00 bits per heavy atom. The molecule has 0 saturated carbocycles. The Kier molecular flexibility index (Phi) is 2.46. The molecular formula is C11H13NO4. The van der Waals surface area contributed by atoms with Gasteiger partial charge in [-0.1, -0.05) is 6.92 Å². The molecule has 1 aliphatic heterocycles. The molecule has 1 aromatic rings. The fraction of sp³-hybridized carbons (Fsp3) is 0.455. The molecule has 0 radical (unpaired) electrons. The van der Waals surface area contributed by atoms with Gasteiger partial charge in [0, 0.05) is 6.42 Å². The van der Waals surface area contributed by atoms with E-state index in [0.717, 1.165) is 0 Å². The van der Waals surface area contributed by atoms with Crippen LogP contribution in [0.1, 0.15) is 25.5 Å². The van der Waals surface area contributed by atoms with E-state index in [1.165, 1.54) is 6.26 Å². The molecule has 1 saturated heterocycles. The van der Waals surface area contributed by atoms with Gasteiger partial charge in [-0.3, -0.25) is 4.79 Å². The van der Waals surface area contributed by atoms with Crippen LogP contribution in [0.2, 0.25) is 0 Å². The quantitative estimate of drug-likeness (QED) is 0.797. The van der Waals surface area contributed by atoms with Crippen molar-refractivity contribution in [2.45, 2.75) is 31.2 Å². The van der Waals surface area contributed by atoms with E-state index in [0.29, 0.717) is 12.2 Å². The maximum Gasteiger partial charge on any atom is 0.327 e. The van der Waals surface area contributed by atoms with Gasteiger partial charge in [0.25, 0.3) is 0 Å². The molecule has 0 aliphatic carbocycles. The van der Waals surface area contributed by atoms with E-state index in [1.54, 1.807) is 12.1 Å². The smallest absolute Gasteiger partial charge is 0.327 e. The molecule has 1 aromatic heterocycles. The highest BCUT2D eigenvalue weighted by Crippen LogP contribution is 2.39. The van der Waals surface area contributed by atoms with Crippen LogP contribution in [0.25, 0.3) is 0 Å². The summed E-state index contributed by atoms with van der Waals surface area (Å²) in [5.74, 6) is -0.712. The Hall–Kier alpha value is -1.78. The average molecular weight is 223 g/mol. The van der Waals surface area contributed by atoms with Gasteiger partial charge in [0.1, 0.15) is 11.8 Å². The first-order valence-electron chi connectivity index (χ1n) is 5.16. The molecule has 1 aliphatic rings. The number of nitrogens with one attached hydrogen (secondary N) is 1. The molecule has 16 heavy (non-hydrogen) atoms. The third-order valence-electron chi connectivity index (χ3n) is 3.22. The van der Waals surface area contributed by atoms with Crippen LogP contribution in [0.5, 0.6) is 0 Å². The third-order valence-corrected chi connectivity index (χ3v) is 3.22. The number of carboxylic acids is 1. The molecule has 2 heterocycles. The number of furan rings is 1. The van der Waals surface area contributed by atoms with Crippen LogP contribution >= 0.6 is 0 Å². The van der Waals surface area contributed by atoms with E-state index in [2.05, 4.69) is 5.32 Å². The monoisotopic (exact) mass is 223 g/mol. The lowest BCUT2D eigenvalue weighted by Crippen LogP contribution is -2.46. The summed E-state index contributed by atoms with van der Waals surface area (Å²) in [6.45, 7) is 1.86. The number of hydrogen-bond acceptors (Lipinski definition) is 3. The van der Waals surface area contributed by atoms with Gasteiger partial charge < -0.3 is 14.8 Å². The minimum atomic E-state index is -1.02. The average Bonchev–Trinajstić information content (AvgIpc) is 2.84. The number of aliphatic carboxylic acids is 1. The van der Waals surface area contributed by atoms with E-state index in [4.69, 9.17) is 9.52 Å². The Morgan fingerprint density at radius 2 is 2.50 bits per heavy atom. The normalized spacial score (nSPS) is 29.1. The van der Waals surface area contributed by atoms with Crippen molar-refractivity contribution in [1.29, 1.82) is 0 Å². The van der Waals surface area contributed by atoms with Crippen molar-refractivity contribution in [2.75, 3.05) is 0 Å². The van der Waals surface area contributed by atoms with Gasteiger partial charge in [-0.25, -0.2) is 4.79 Å². The summed E-state index contributed by atoms with van der Waals surface area (Å²) in [6, 6.07) is 2.52. The molecule has 5 heteroatoms. The fourth-order valence-corrected chi connectivity index (χ4v) is 2.33. The summed E-state index contributed by atoms with van der Waals surface area (Å²) in [6.07, 6.45) is 2.19. The van der Waals surface area contributed by atoms with E-state index in [-0.39, 0.29) is 12.3 Å². The topological polar surface area (TPSA) is 79.5 Å².